The van der Waals surface area contributed by atoms with Crippen LogP contribution in [0.5, 0.6) is 17.2 Å². The van der Waals surface area contributed by atoms with Crippen LogP contribution in [0.25, 0.3) is 0 Å². The Morgan fingerprint density at radius 2 is 1.74 bits per heavy atom. The van der Waals surface area contributed by atoms with E-state index in [1.165, 1.54) is 39.9 Å². The maximum Gasteiger partial charge on any atom is 0.224 e. The van der Waals surface area contributed by atoms with Crippen LogP contribution in [-0.2, 0) is 11.2 Å². The third-order valence-electron chi connectivity index (χ3n) is 4.63. The zero-order chi connectivity index (χ0) is 16.8. The van der Waals surface area contributed by atoms with E-state index < -0.39 is 0 Å². The molecule has 0 aliphatic heterocycles. The lowest BCUT2D eigenvalue weighted by atomic mass is 9.83. The zero-order valence-corrected chi connectivity index (χ0v) is 14.2. The lowest BCUT2D eigenvalue weighted by Gasteiger charge is -2.26. The minimum atomic E-state index is -0.0458. The van der Waals surface area contributed by atoms with E-state index in [1.807, 2.05) is 0 Å². The number of methoxy groups -OCH3 is 2. The summed E-state index contributed by atoms with van der Waals surface area (Å²) in [6.07, 6.45) is 5.15. The summed E-state index contributed by atoms with van der Waals surface area (Å²) in [5, 5.41) is 12.9. The number of phenols is 1. The lowest BCUT2D eigenvalue weighted by Crippen LogP contribution is -2.32. The number of aromatic hydroxyl groups is 1. The number of amides is 1. The van der Waals surface area contributed by atoms with E-state index in [0.29, 0.717) is 17.4 Å². The van der Waals surface area contributed by atoms with Gasteiger partial charge in [-0.3, -0.25) is 4.79 Å². The molecule has 1 fully saturated rings. The maximum atomic E-state index is 12.1. The highest BCUT2D eigenvalue weighted by molar-refractivity contribution is 5.79. The topological polar surface area (TPSA) is 67.8 Å². The standard InChI is InChI=1S/C18H27NO4/c1-12-4-6-13(7-5-12)11-19-17(20)10-14-8-15(22-2)18(21)16(9-14)23-3/h8-9,12-13,21H,4-7,10-11H2,1-3H3,(H,19,20). The molecular weight excluding hydrogens is 294 g/mol. The van der Waals surface area contributed by atoms with Crippen LogP contribution < -0.4 is 14.8 Å². The molecule has 0 unspecified atom stereocenters. The van der Waals surface area contributed by atoms with Crippen LogP contribution in [0, 0.1) is 11.8 Å². The molecule has 0 radical (unpaired) electrons. The van der Waals surface area contributed by atoms with Gasteiger partial charge in [-0.05, 0) is 42.4 Å². The van der Waals surface area contributed by atoms with Gasteiger partial charge in [0.25, 0.3) is 0 Å². The van der Waals surface area contributed by atoms with Crippen LogP contribution >= 0.6 is 0 Å². The Morgan fingerprint density at radius 3 is 2.26 bits per heavy atom. The van der Waals surface area contributed by atoms with Crippen LogP contribution in [0.1, 0.15) is 38.2 Å². The number of benzene rings is 1. The molecule has 1 aromatic rings. The lowest BCUT2D eigenvalue weighted by molar-refractivity contribution is -0.120. The Balaban J connectivity index is 1.90. The summed E-state index contributed by atoms with van der Waals surface area (Å²) in [5.41, 5.74) is 0.756. The highest BCUT2D eigenvalue weighted by atomic mass is 16.5. The van der Waals surface area contributed by atoms with Crippen LogP contribution in [0.4, 0.5) is 0 Å². The van der Waals surface area contributed by atoms with Crippen molar-refractivity contribution in [3.8, 4) is 17.2 Å². The van der Waals surface area contributed by atoms with Crippen molar-refractivity contribution < 1.29 is 19.4 Å². The number of ether oxygens (including phenoxy) is 2. The molecule has 128 valence electrons. The Morgan fingerprint density at radius 1 is 1.17 bits per heavy atom. The first-order valence-corrected chi connectivity index (χ1v) is 8.24. The zero-order valence-electron chi connectivity index (χ0n) is 14.2. The first-order valence-electron chi connectivity index (χ1n) is 8.24. The highest BCUT2D eigenvalue weighted by Crippen LogP contribution is 2.37. The summed E-state index contributed by atoms with van der Waals surface area (Å²) < 4.78 is 10.2. The number of hydrogen-bond donors (Lipinski definition) is 2. The molecule has 1 aliphatic carbocycles. The molecular formula is C18H27NO4. The number of nitrogens with one attached hydrogen (secondary N) is 1. The molecule has 0 bridgehead atoms. The number of hydrogen-bond acceptors (Lipinski definition) is 4. The molecule has 1 aliphatic rings. The van der Waals surface area contributed by atoms with Gasteiger partial charge in [0.05, 0.1) is 20.6 Å². The van der Waals surface area contributed by atoms with Gasteiger partial charge in [-0.1, -0.05) is 19.8 Å². The van der Waals surface area contributed by atoms with Crippen LogP contribution in [0.3, 0.4) is 0 Å². The van der Waals surface area contributed by atoms with Crippen LogP contribution in [0.2, 0.25) is 0 Å². The summed E-state index contributed by atoms with van der Waals surface area (Å²) in [5.74, 6) is 1.98. The van der Waals surface area contributed by atoms with E-state index in [4.69, 9.17) is 9.47 Å². The quantitative estimate of drug-likeness (QED) is 0.845. The predicted octanol–water partition coefficient (Wildman–Crippen LogP) is 2.89. The second kappa shape index (κ2) is 8.09. The number of phenolic OH excluding ortho intramolecular Hbond substituents is 1. The molecule has 1 saturated carbocycles. The molecule has 0 atom stereocenters. The molecule has 0 aromatic heterocycles. The van der Waals surface area contributed by atoms with Gasteiger partial charge in [0.2, 0.25) is 11.7 Å². The van der Waals surface area contributed by atoms with Crippen molar-refractivity contribution in [3.63, 3.8) is 0 Å². The molecule has 0 heterocycles. The predicted molar refractivity (Wildman–Crippen MR) is 89.0 cm³/mol. The minimum Gasteiger partial charge on any atom is -0.502 e. The van der Waals surface area contributed by atoms with Crippen molar-refractivity contribution >= 4 is 5.91 Å². The van der Waals surface area contributed by atoms with Gasteiger partial charge in [-0.25, -0.2) is 0 Å². The Hall–Kier alpha value is -1.91. The van der Waals surface area contributed by atoms with Crippen LogP contribution in [0.15, 0.2) is 12.1 Å². The second-order valence-corrected chi connectivity index (χ2v) is 6.46. The van der Waals surface area contributed by atoms with E-state index in [9.17, 15) is 9.90 Å². The minimum absolute atomic E-state index is 0.0154. The van der Waals surface area contributed by atoms with Gasteiger partial charge in [-0.15, -0.1) is 0 Å². The fourth-order valence-corrected chi connectivity index (χ4v) is 3.09. The number of carbonyl (C=O) groups is 1. The Kier molecular flexibility index (Phi) is 6.13. The monoisotopic (exact) mass is 321 g/mol. The second-order valence-electron chi connectivity index (χ2n) is 6.46. The first-order chi connectivity index (χ1) is 11.0. The molecule has 5 heteroatoms. The molecule has 2 N–H and O–H groups in total. The maximum absolute atomic E-state index is 12.1. The smallest absolute Gasteiger partial charge is 0.224 e. The van der Waals surface area contributed by atoms with Gasteiger partial charge in [0.1, 0.15) is 0 Å². The first kappa shape index (κ1) is 17.4. The van der Waals surface area contributed by atoms with Gasteiger partial charge in [0.15, 0.2) is 11.5 Å². The Bertz CT molecular complexity index is 511. The molecule has 5 nitrogen and oxygen atoms in total. The average Bonchev–Trinajstić information content (AvgIpc) is 2.55. The molecule has 0 saturated heterocycles. The summed E-state index contributed by atoms with van der Waals surface area (Å²) in [7, 11) is 2.95. The van der Waals surface area contributed by atoms with E-state index in [1.54, 1.807) is 12.1 Å². The Labute approximate surface area is 138 Å². The largest absolute Gasteiger partial charge is 0.502 e. The fraction of sp³-hybridized carbons (Fsp3) is 0.611. The van der Waals surface area contributed by atoms with Crippen molar-refractivity contribution in [2.24, 2.45) is 11.8 Å². The number of rotatable bonds is 6. The van der Waals surface area contributed by atoms with E-state index in [2.05, 4.69) is 12.2 Å². The third kappa shape index (κ3) is 4.78. The van der Waals surface area contributed by atoms with Crippen molar-refractivity contribution in [1.82, 2.24) is 5.32 Å². The van der Waals surface area contributed by atoms with Gasteiger partial charge in [0, 0.05) is 6.54 Å². The van der Waals surface area contributed by atoms with E-state index >= 15 is 0 Å². The van der Waals surface area contributed by atoms with Gasteiger partial charge >= 0.3 is 0 Å². The molecule has 2 rings (SSSR count). The number of carbonyl (C=O) groups excluding carboxylic acids is 1. The summed E-state index contributed by atoms with van der Waals surface area (Å²) >= 11 is 0. The van der Waals surface area contributed by atoms with Gasteiger partial charge in [-0.2, -0.15) is 0 Å². The SMILES string of the molecule is COc1cc(CC(=O)NCC2CCC(C)CC2)cc(OC)c1O. The van der Waals surface area contributed by atoms with Crippen molar-refractivity contribution in [2.75, 3.05) is 20.8 Å². The molecule has 1 amide bonds. The fourth-order valence-electron chi connectivity index (χ4n) is 3.09. The average molecular weight is 321 g/mol. The third-order valence-corrected chi connectivity index (χ3v) is 4.63. The molecule has 0 spiro atoms. The van der Waals surface area contributed by atoms with Crippen molar-refractivity contribution in [3.05, 3.63) is 17.7 Å². The van der Waals surface area contributed by atoms with Crippen molar-refractivity contribution in [2.45, 2.75) is 39.0 Å². The summed E-state index contributed by atoms with van der Waals surface area (Å²) in [4.78, 5) is 12.1. The normalized spacial score (nSPS) is 20.8. The van der Waals surface area contributed by atoms with E-state index in [-0.39, 0.29) is 18.1 Å². The summed E-state index contributed by atoms with van der Waals surface area (Å²) in [6.45, 7) is 3.04. The van der Waals surface area contributed by atoms with Crippen molar-refractivity contribution in [1.29, 1.82) is 0 Å². The molecule has 23 heavy (non-hydrogen) atoms. The van der Waals surface area contributed by atoms with E-state index in [0.717, 1.165) is 18.0 Å². The summed E-state index contributed by atoms with van der Waals surface area (Å²) in [6, 6.07) is 3.33. The van der Waals surface area contributed by atoms with Gasteiger partial charge < -0.3 is 19.9 Å². The highest BCUT2D eigenvalue weighted by Gasteiger charge is 2.19. The van der Waals surface area contributed by atoms with Crippen LogP contribution in [-0.4, -0.2) is 31.8 Å². The molecule has 1 aromatic carbocycles.